The normalized spacial score (nSPS) is 14.8. The first-order valence-corrected chi connectivity index (χ1v) is 9.27. The SMILES string of the molecule is COc1ccc(N2CCN(c3cncc(C(=O)NC(C)(C)C)c3)CC2)cc1. The van der Waals surface area contributed by atoms with Crippen LogP contribution < -0.4 is 19.9 Å². The third kappa shape index (κ3) is 4.90. The van der Waals surface area contributed by atoms with Crippen LogP contribution in [-0.4, -0.2) is 49.7 Å². The number of carbonyl (C=O) groups is 1. The number of hydrogen-bond acceptors (Lipinski definition) is 5. The third-order valence-corrected chi connectivity index (χ3v) is 4.56. The fourth-order valence-electron chi connectivity index (χ4n) is 3.15. The molecule has 0 spiro atoms. The lowest BCUT2D eigenvalue weighted by molar-refractivity contribution is 0.0919. The van der Waals surface area contributed by atoms with E-state index in [0.29, 0.717) is 5.56 Å². The summed E-state index contributed by atoms with van der Waals surface area (Å²) in [4.78, 5) is 21.3. The Bertz CT molecular complexity index is 776. The van der Waals surface area contributed by atoms with E-state index < -0.39 is 0 Å². The van der Waals surface area contributed by atoms with Gasteiger partial charge in [0.05, 0.1) is 24.6 Å². The standard InChI is InChI=1S/C21H28N4O2/c1-21(2,3)23-20(26)16-13-18(15-22-14-16)25-11-9-24(10-12-25)17-5-7-19(27-4)8-6-17/h5-8,13-15H,9-12H2,1-4H3,(H,23,26). The van der Waals surface area contributed by atoms with Crippen LogP contribution in [0.15, 0.2) is 42.7 Å². The lowest BCUT2D eigenvalue weighted by Gasteiger charge is -2.37. The zero-order chi connectivity index (χ0) is 19.4. The fourth-order valence-corrected chi connectivity index (χ4v) is 3.15. The van der Waals surface area contributed by atoms with Crippen LogP contribution in [0.25, 0.3) is 0 Å². The van der Waals surface area contributed by atoms with Gasteiger partial charge in [0.1, 0.15) is 5.75 Å². The van der Waals surface area contributed by atoms with Gasteiger partial charge in [0, 0.05) is 43.6 Å². The van der Waals surface area contributed by atoms with Crippen LogP contribution >= 0.6 is 0 Å². The van der Waals surface area contributed by atoms with Crippen molar-refractivity contribution in [3.8, 4) is 5.75 Å². The summed E-state index contributed by atoms with van der Waals surface area (Å²) in [7, 11) is 1.68. The minimum absolute atomic E-state index is 0.0891. The lowest BCUT2D eigenvalue weighted by atomic mass is 10.1. The quantitative estimate of drug-likeness (QED) is 0.899. The molecule has 6 heteroatoms. The summed E-state index contributed by atoms with van der Waals surface area (Å²) in [6.07, 6.45) is 3.45. The number of nitrogens with one attached hydrogen (secondary N) is 1. The molecule has 1 amide bonds. The molecule has 27 heavy (non-hydrogen) atoms. The molecule has 6 nitrogen and oxygen atoms in total. The number of piperazine rings is 1. The Morgan fingerprint density at radius 1 is 1.00 bits per heavy atom. The van der Waals surface area contributed by atoms with Gasteiger partial charge in [-0.3, -0.25) is 9.78 Å². The zero-order valence-corrected chi connectivity index (χ0v) is 16.5. The van der Waals surface area contributed by atoms with Gasteiger partial charge in [0.15, 0.2) is 0 Å². The molecule has 1 aliphatic rings. The molecule has 1 N–H and O–H groups in total. The fraction of sp³-hybridized carbons (Fsp3) is 0.429. The van der Waals surface area contributed by atoms with E-state index in [1.807, 2.05) is 45.2 Å². The van der Waals surface area contributed by atoms with Crippen molar-refractivity contribution in [3.63, 3.8) is 0 Å². The van der Waals surface area contributed by atoms with Crippen LogP contribution in [0.5, 0.6) is 5.75 Å². The van der Waals surface area contributed by atoms with Gasteiger partial charge in [-0.2, -0.15) is 0 Å². The van der Waals surface area contributed by atoms with Crippen LogP contribution in [0.1, 0.15) is 31.1 Å². The summed E-state index contributed by atoms with van der Waals surface area (Å²) in [5, 5.41) is 2.99. The summed E-state index contributed by atoms with van der Waals surface area (Å²) in [6, 6.07) is 10.1. The largest absolute Gasteiger partial charge is 0.497 e. The minimum Gasteiger partial charge on any atom is -0.497 e. The first-order chi connectivity index (χ1) is 12.9. The molecular formula is C21H28N4O2. The summed E-state index contributed by atoms with van der Waals surface area (Å²) >= 11 is 0. The molecule has 0 unspecified atom stereocenters. The average Bonchev–Trinajstić information content (AvgIpc) is 2.67. The molecule has 1 aromatic heterocycles. The van der Waals surface area contributed by atoms with Gasteiger partial charge in [0.2, 0.25) is 0 Å². The number of methoxy groups -OCH3 is 1. The van der Waals surface area contributed by atoms with E-state index >= 15 is 0 Å². The minimum atomic E-state index is -0.267. The van der Waals surface area contributed by atoms with E-state index in [2.05, 4.69) is 32.2 Å². The molecule has 0 atom stereocenters. The number of ether oxygens (including phenoxy) is 1. The summed E-state index contributed by atoms with van der Waals surface area (Å²) in [6.45, 7) is 9.54. The molecule has 0 radical (unpaired) electrons. The molecule has 1 saturated heterocycles. The highest BCUT2D eigenvalue weighted by Crippen LogP contribution is 2.23. The Morgan fingerprint density at radius 3 is 2.15 bits per heavy atom. The molecule has 1 aromatic carbocycles. The highest BCUT2D eigenvalue weighted by atomic mass is 16.5. The Hall–Kier alpha value is -2.76. The van der Waals surface area contributed by atoms with E-state index in [1.54, 1.807) is 13.3 Å². The van der Waals surface area contributed by atoms with Crippen molar-refractivity contribution in [2.24, 2.45) is 0 Å². The number of anilines is 2. The van der Waals surface area contributed by atoms with Crippen LogP contribution in [0.2, 0.25) is 0 Å². The van der Waals surface area contributed by atoms with Crippen LogP contribution in [0.4, 0.5) is 11.4 Å². The van der Waals surface area contributed by atoms with Gasteiger partial charge >= 0.3 is 0 Å². The maximum Gasteiger partial charge on any atom is 0.253 e. The van der Waals surface area contributed by atoms with E-state index in [-0.39, 0.29) is 11.4 Å². The highest BCUT2D eigenvalue weighted by molar-refractivity contribution is 5.95. The predicted molar refractivity (Wildman–Crippen MR) is 109 cm³/mol. The Morgan fingerprint density at radius 2 is 1.59 bits per heavy atom. The van der Waals surface area contributed by atoms with Crippen LogP contribution in [-0.2, 0) is 0 Å². The van der Waals surface area contributed by atoms with Gasteiger partial charge in [-0.25, -0.2) is 0 Å². The molecule has 0 saturated carbocycles. The monoisotopic (exact) mass is 368 g/mol. The van der Waals surface area contributed by atoms with Crippen molar-refractivity contribution in [1.29, 1.82) is 0 Å². The molecule has 2 aromatic rings. The first kappa shape index (κ1) is 19.0. The number of pyridine rings is 1. The Labute approximate surface area is 161 Å². The molecule has 144 valence electrons. The topological polar surface area (TPSA) is 57.7 Å². The van der Waals surface area contributed by atoms with E-state index in [4.69, 9.17) is 4.74 Å². The number of rotatable bonds is 4. The maximum atomic E-state index is 12.4. The molecule has 0 bridgehead atoms. The molecule has 1 aliphatic heterocycles. The molecule has 3 rings (SSSR count). The van der Waals surface area contributed by atoms with Crippen molar-refractivity contribution in [2.75, 3.05) is 43.1 Å². The predicted octanol–water partition coefficient (Wildman–Crippen LogP) is 2.95. The van der Waals surface area contributed by atoms with Gasteiger partial charge in [-0.05, 0) is 51.1 Å². The van der Waals surface area contributed by atoms with Gasteiger partial charge in [-0.1, -0.05) is 0 Å². The van der Waals surface area contributed by atoms with Crippen molar-refractivity contribution in [2.45, 2.75) is 26.3 Å². The Kier molecular flexibility index (Phi) is 5.54. The van der Waals surface area contributed by atoms with E-state index in [1.165, 1.54) is 5.69 Å². The van der Waals surface area contributed by atoms with E-state index in [0.717, 1.165) is 37.6 Å². The molecule has 0 aliphatic carbocycles. The average molecular weight is 368 g/mol. The number of aromatic nitrogens is 1. The second-order valence-corrected chi connectivity index (χ2v) is 7.81. The van der Waals surface area contributed by atoms with Crippen LogP contribution in [0.3, 0.4) is 0 Å². The first-order valence-electron chi connectivity index (χ1n) is 9.27. The van der Waals surface area contributed by atoms with Crippen molar-refractivity contribution < 1.29 is 9.53 Å². The molecular weight excluding hydrogens is 340 g/mol. The smallest absolute Gasteiger partial charge is 0.253 e. The summed E-state index contributed by atoms with van der Waals surface area (Å²) in [5.41, 5.74) is 2.52. The highest BCUT2D eigenvalue weighted by Gasteiger charge is 2.20. The number of amides is 1. The van der Waals surface area contributed by atoms with Gasteiger partial charge < -0.3 is 19.9 Å². The van der Waals surface area contributed by atoms with Crippen molar-refractivity contribution in [3.05, 3.63) is 48.3 Å². The van der Waals surface area contributed by atoms with Gasteiger partial charge in [-0.15, -0.1) is 0 Å². The van der Waals surface area contributed by atoms with Crippen molar-refractivity contribution >= 4 is 17.3 Å². The summed E-state index contributed by atoms with van der Waals surface area (Å²) < 4.78 is 5.23. The molecule has 2 heterocycles. The Balaban J connectivity index is 1.63. The molecule has 1 fully saturated rings. The van der Waals surface area contributed by atoms with Crippen LogP contribution in [0, 0.1) is 0 Å². The zero-order valence-electron chi connectivity index (χ0n) is 16.5. The number of benzene rings is 1. The maximum absolute atomic E-state index is 12.4. The third-order valence-electron chi connectivity index (χ3n) is 4.56. The second-order valence-electron chi connectivity index (χ2n) is 7.81. The number of nitrogens with zero attached hydrogens (tertiary/aromatic N) is 3. The van der Waals surface area contributed by atoms with Crippen molar-refractivity contribution in [1.82, 2.24) is 10.3 Å². The van der Waals surface area contributed by atoms with Gasteiger partial charge in [0.25, 0.3) is 5.91 Å². The van der Waals surface area contributed by atoms with E-state index in [9.17, 15) is 4.79 Å². The lowest BCUT2D eigenvalue weighted by Crippen LogP contribution is -2.46. The number of hydrogen-bond donors (Lipinski definition) is 1. The second kappa shape index (κ2) is 7.86. The number of carbonyl (C=O) groups excluding carboxylic acids is 1. The summed E-state index contributed by atoms with van der Waals surface area (Å²) in [5.74, 6) is 0.780.